The number of rotatable bonds is 3. The van der Waals surface area contributed by atoms with Crippen LogP contribution < -0.4 is 0 Å². The maximum Gasteiger partial charge on any atom is 0.252 e. The second-order valence-corrected chi connectivity index (χ2v) is 7.77. The van der Waals surface area contributed by atoms with Gasteiger partial charge in [-0.05, 0) is 24.3 Å². The molecule has 17 heavy (non-hydrogen) atoms. The van der Waals surface area contributed by atoms with E-state index in [2.05, 4.69) is 0 Å². The highest BCUT2D eigenvalue weighted by atomic mass is 32.2. The van der Waals surface area contributed by atoms with Gasteiger partial charge in [0.1, 0.15) is 4.21 Å². The van der Waals surface area contributed by atoms with Gasteiger partial charge in [0, 0.05) is 13.1 Å². The van der Waals surface area contributed by atoms with E-state index in [4.69, 9.17) is 0 Å². The highest BCUT2D eigenvalue weighted by Gasteiger charge is 2.28. The zero-order valence-corrected chi connectivity index (χ0v) is 11.8. The van der Waals surface area contributed by atoms with Crippen molar-refractivity contribution in [3.05, 3.63) is 17.5 Å². The molecular formula is C12H19NO2S2. The fourth-order valence-electron chi connectivity index (χ4n) is 2.37. The highest BCUT2D eigenvalue weighted by Crippen LogP contribution is 2.27. The average molecular weight is 273 g/mol. The molecule has 0 atom stereocenters. The second-order valence-electron chi connectivity index (χ2n) is 4.60. The quantitative estimate of drug-likeness (QED) is 0.794. The van der Waals surface area contributed by atoms with Crippen molar-refractivity contribution in [1.29, 1.82) is 0 Å². The Hall–Kier alpha value is -0.390. The predicted molar refractivity (Wildman–Crippen MR) is 70.8 cm³/mol. The third-order valence-electron chi connectivity index (χ3n) is 3.47. The van der Waals surface area contributed by atoms with Gasteiger partial charge in [-0.25, -0.2) is 8.42 Å². The molecule has 0 N–H and O–H groups in total. The van der Waals surface area contributed by atoms with Gasteiger partial charge in [0.2, 0.25) is 0 Å². The lowest BCUT2D eigenvalue weighted by molar-refractivity contribution is 0.336. The monoisotopic (exact) mass is 273 g/mol. The average Bonchev–Trinajstić information content (AvgIpc) is 2.72. The fraction of sp³-hybridized carbons (Fsp3) is 0.667. The number of sulfonamides is 1. The molecule has 1 saturated carbocycles. The van der Waals surface area contributed by atoms with Crippen LogP contribution in [0.15, 0.2) is 21.7 Å². The summed E-state index contributed by atoms with van der Waals surface area (Å²) in [7, 11) is -1.53. The topological polar surface area (TPSA) is 37.4 Å². The maximum absolute atomic E-state index is 12.3. The third-order valence-corrected chi connectivity index (χ3v) is 6.75. The van der Waals surface area contributed by atoms with Crippen molar-refractivity contribution in [2.24, 2.45) is 0 Å². The van der Waals surface area contributed by atoms with E-state index < -0.39 is 10.0 Å². The predicted octanol–water partition coefficient (Wildman–Crippen LogP) is 3.09. The van der Waals surface area contributed by atoms with E-state index in [-0.39, 0.29) is 6.04 Å². The molecular weight excluding hydrogens is 254 g/mol. The molecule has 0 bridgehead atoms. The fourth-order valence-corrected chi connectivity index (χ4v) is 4.96. The summed E-state index contributed by atoms with van der Waals surface area (Å²) in [6.07, 6.45) is 6.78. The van der Waals surface area contributed by atoms with Crippen LogP contribution in [0.1, 0.15) is 38.5 Å². The van der Waals surface area contributed by atoms with Gasteiger partial charge in [0.25, 0.3) is 10.0 Å². The van der Waals surface area contributed by atoms with Crippen LogP contribution in [0.4, 0.5) is 0 Å². The van der Waals surface area contributed by atoms with Gasteiger partial charge in [-0.3, -0.25) is 0 Å². The van der Waals surface area contributed by atoms with Gasteiger partial charge in [0.05, 0.1) is 0 Å². The van der Waals surface area contributed by atoms with E-state index in [1.54, 1.807) is 23.5 Å². The SMILES string of the molecule is CN(C1CCCCCC1)S(=O)(=O)c1cccs1. The molecule has 2 rings (SSSR count). The highest BCUT2D eigenvalue weighted by molar-refractivity contribution is 7.91. The van der Waals surface area contributed by atoms with Crippen molar-refractivity contribution < 1.29 is 8.42 Å². The van der Waals surface area contributed by atoms with Crippen molar-refractivity contribution in [3.8, 4) is 0 Å². The van der Waals surface area contributed by atoms with Crippen molar-refractivity contribution in [2.75, 3.05) is 7.05 Å². The Bertz CT molecular complexity index is 431. The van der Waals surface area contributed by atoms with Crippen molar-refractivity contribution in [2.45, 2.75) is 48.8 Å². The van der Waals surface area contributed by atoms with Crippen LogP contribution in [-0.4, -0.2) is 25.8 Å². The summed E-state index contributed by atoms with van der Waals surface area (Å²) in [6.45, 7) is 0. The Morgan fingerprint density at radius 3 is 2.41 bits per heavy atom. The minimum absolute atomic E-state index is 0.185. The largest absolute Gasteiger partial charge is 0.252 e. The third kappa shape index (κ3) is 2.89. The number of thiophene rings is 1. The molecule has 1 aliphatic rings. The van der Waals surface area contributed by atoms with E-state index >= 15 is 0 Å². The molecule has 0 aromatic carbocycles. The van der Waals surface area contributed by atoms with E-state index in [0.29, 0.717) is 4.21 Å². The summed E-state index contributed by atoms with van der Waals surface area (Å²) >= 11 is 1.30. The molecule has 1 aliphatic carbocycles. The van der Waals surface area contributed by atoms with E-state index in [1.807, 2.05) is 5.38 Å². The van der Waals surface area contributed by atoms with Gasteiger partial charge >= 0.3 is 0 Å². The lowest BCUT2D eigenvalue weighted by atomic mass is 10.1. The smallest absolute Gasteiger partial charge is 0.206 e. The maximum atomic E-state index is 12.3. The molecule has 5 heteroatoms. The van der Waals surface area contributed by atoms with E-state index in [9.17, 15) is 8.42 Å². The first kappa shape index (κ1) is 13.1. The Labute approximate surface area is 108 Å². The lowest BCUT2D eigenvalue weighted by Crippen LogP contribution is -2.36. The first-order valence-corrected chi connectivity index (χ1v) is 8.46. The van der Waals surface area contributed by atoms with Crippen LogP contribution in [0, 0.1) is 0 Å². The molecule has 1 aromatic heterocycles. The van der Waals surface area contributed by atoms with Gasteiger partial charge < -0.3 is 0 Å². The Balaban J connectivity index is 2.15. The summed E-state index contributed by atoms with van der Waals surface area (Å²) in [5.74, 6) is 0. The molecule has 0 aliphatic heterocycles. The van der Waals surface area contributed by atoms with Crippen LogP contribution in [-0.2, 0) is 10.0 Å². The molecule has 1 fully saturated rings. The molecule has 1 heterocycles. The van der Waals surface area contributed by atoms with Crippen LogP contribution in [0.2, 0.25) is 0 Å². The Morgan fingerprint density at radius 1 is 1.24 bits per heavy atom. The van der Waals surface area contributed by atoms with E-state index in [0.717, 1.165) is 25.7 Å². The van der Waals surface area contributed by atoms with Crippen LogP contribution in [0.25, 0.3) is 0 Å². The molecule has 0 unspecified atom stereocenters. The van der Waals surface area contributed by atoms with Crippen molar-refractivity contribution >= 4 is 21.4 Å². The summed E-state index contributed by atoms with van der Waals surface area (Å²) < 4.78 is 26.7. The minimum atomic E-state index is -3.26. The number of hydrogen-bond donors (Lipinski definition) is 0. The van der Waals surface area contributed by atoms with Gasteiger partial charge in [-0.2, -0.15) is 4.31 Å². The second kappa shape index (κ2) is 5.50. The summed E-state index contributed by atoms with van der Waals surface area (Å²) in [4.78, 5) is 0. The zero-order chi connectivity index (χ0) is 12.3. The first-order valence-electron chi connectivity index (χ1n) is 6.14. The van der Waals surface area contributed by atoms with Gasteiger partial charge in [0.15, 0.2) is 0 Å². The molecule has 0 radical (unpaired) electrons. The van der Waals surface area contributed by atoms with Crippen molar-refractivity contribution in [1.82, 2.24) is 4.31 Å². The molecule has 1 aromatic rings. The van der Waals surface area contributed by atoms with Crippen LogP contribution in [0.3, 0.4) is 0 Å². The summed E-state index contributed by atoms with van der Waals surface area (Å²) in [5.41, 5.74) is 0. The van der Waals surface area contributed by atoms with Crippen molar-refractivity contribution in [3.63, 3.8) is 0 Å². The minimum Gasteiger partial charge on any atom is -0.206 e. The van der Waals surface area contributed by atoms with Crippen LogP contribution in [0.5, 0.6) is 0 Å². The molecule has 96 valence electrons. The van der Waals surface area contributed by atoms with E-state index in [1.165, 1.54) is 24.2 Å². The standard InChI is InChI=1S/C12H19NO2S2/c1-13(11-7-4-2-3-5-8-11)17(14,15)12-9-6-10-16-12/h6,9-11H,2-5,7-8H2,1H3. The Morgan fingerprint density at radius 2 is 1.88 bits per heavy atom. The molecule has 3 nitrogen and oxygen atoms in total. The molecule has 0 saturated heterocycles. The number of hydrogen-bond acceptors (Lipinski definition) is 3. The molecule has 0 amide bonds. The lowest BCUT2D eigenvalue weighted by Gasteiger charge is -2.25. The normalized spacial score (nSPS) is 19.4. The Kier molecular flexibility index (Phi) is 4.22. The zero-order valence-electron chi connectivity index (χ0n) is 10.1. The molecule has 0 spiro atoms. The van der Waals surface area contributed by atoms with Gasteiger partial charge in [-0.1, -0.05) is 31.7 Å². The summed E-state index contributed by atoms with van der Waals surface area (Å²) in [6, 6.07) is 3.66. The van der Waals surface area contributed by atoms with Gasteiger partial charge in [-0.15, -0.1) is 11.3 Å². The first-order chi connectivity index (χ1) is 8.12. The number of nitrogens with zero attached hydrogens (tertiary/aromatic N) is 1. The summed E-state index contributed by atoms with van der Waals surface area (Å²) in [5, 5.41) is 1.81. The van der Waals surface area contributed by atoms with Crippen LogP contribution >= 0.6 is 11.3 Å².